The summed E-state index contributed by atoms with van der Waals surface area (Å²) in [6.45, 7) is 5.08. The summed E-state index contributed by atoms with van der Waals surface area (Å²) < 4.78 is 4.05. The van der Waals surface area contributed by atoms with E-state index < -0.39 is 0 Å². The van der Waals surface area contributed by atoms with Gasteiger partial charge < -0.3 is 0 Å². The Kier molecular flexibility index (Phi) is 4.37. The second-order valence-electron chi connectivity index (χ2n) is 2.56. The van der Waals surface area contributed by atoms with Crippen LogP contribution in [0.25, 0.3) is 0 Å². The standard InChI is InChI=1S/C8H15IN/c1-2-3-4-5-6-7-10-8-9-10/h2H,1,3-8H2/q-1. The van der Waals surface area contributed by atoms with Crippen LogP contribution in [0.2, 0.25) is 0 Å². The van der Waals surface area contributed by atoms with E-state index in [0.29, 0.717) is 21.5 Å². The number of hydrogen-bond donors (Lipinski definition) is 0. The number of nitrogens with zero attached hydrogens (tertiary/aromatic N) is 1. The average molecular weight is 252 g/mol. The maximum atomic E-state index is 3.70. The topological polar surface area (TPSA) is 3.01 Å². The van der Waals surface area contributed by atoms with Gasteiger partial charge in [0.25, 0.3) is 0 Å². The second kappa shape index (κ2) is 5.13. The van der Waals surface area contributed by atoms with E-state index >= 15 is 0 Å². The zero-order valence-corrected chi connectivity index (χ0v) is 8.51. The summed E-state index contributed by atoms with van der Waals surface area (Å²) in [5.74, 6) is 0. The zero-order chi connectivity index (χ0) is 7.23. The van der Waals surface area contributed by atoms with Crippen molar-refractivity contribution in [2.45, 2.75) is 25.7 Å². The summed E-state index contributed by atoms with van der Waals surface area (Å²) in [6, 6.07) is 0. The normalized spacial score (nSPS) is 23.4. The quantitative estimate of drug-likeness (QED) is 0.112. The minimum absolute atomic E-state index is 0.561. The molecule has 2 heteroatoms. The van der Waals surface area contributed by atoms with E-state index in [1.165, 1.54) is 36.8 Å². The van der Waals surface area contributed by atoms with Crippen LogP contribution in [-0.4, -0.2) is 14.2 Å². The molecule has 1 nitrogen and oxygen atoms in total. The van der Waals surface area contributed by atoms with Crippen molar-refractivity contribution in [3.63, 3.8) is 0 Å². The van der Waals surface area contributed by atoms with Gasteiger partial charge in [0.1, 0.15) is 0 Å². The predicted molar refractivity (Wildman–Crippen MR) is 40.2 cm³/mol. The third kappa shape index (κ3) is 4.28. The van der Waals surface area contributed by atoms with E-state index in [2.05, 4.69) is 9.69 Å². The van der Waals surface area contributed by atoms with Crippen LogP contribution in [0.1, 0.15) is 25.7 Å². The van der Waals surface area contributed by atoms with Crippen LogP contribution in [0.5, 0.6) is 0 Å². The molecule has 0 bridgehead atoms. The van der Waals surface area contributed by atoms with Gasteiger partial charge in [0.15, 0.2) is 0 Å². The first-order valence-corrected chi connectivity index (χ1v) is 6.38. The van der Waals surface area contributed by atoms with Crippen LogP contribution in [0.15, 0.2) is 12.7 Å². The first-order chi connectivity index (χ1) is 4.93. The summed E-state index contributed by atoms with van der Waals surface area (Å²) >= 11 is 0.561. The fraction of sp³-hybridized carbons (Fsp3) is 0.750. The number of halogens is 1. The molecule has 1 saturated heterocycles. The molecule has 1 atom stereocenters. The van der Waals surface area contributed by atoms with Gasteiger partial charge in [-0.25, -0.2) is 0 Å². The van der Waals surface area contributed by atoms with Crippen LogP contribution < -0.4 is 21.5 Å². The molecule has 0 aromatic rings. The molecule has 0 aromatic carbocycles. The van der Waals surface area contributed by atoms with E-state index in [0.717, 1.165) is 0 Å². The van der Waals surface area contributed by atoms with Crippen LogP contribution in [0, 0.1) is 0 Å². The minimum atomic E-state index is 0.561. The predicted octanol–water partition coefficient (Wildman–Crippen LogP) is -0.990. The molecular formula is C8H15IN-. The average Bonchev–Trinajstić information content (AvgIpc) is 2.71. The molecule has 1 heterocycles. The zero-order valence-electron chi connectivity index (χ0n) is 6.35. The number of unbranched alkanes of at least 4 members (excludes halogenated alkanes) is 3. The van der Waals surface area contributed by atoms with E-state index in [-0.39, 0.29) is 0 Å². The van der Waals surface area contributed by atoms with Crippen LogP contribution in [0.4, 0.5) is 0 Å². The molecule has 0 radical (unpaired) electrons. The van der Waals surface area contributed by atoms with Crippen molar-refractivity contribution in [2.75, 3.05) is 11.1 Å². The molecule has 1 fully saturated rings. The van der Waals surface area contributed by atoms with Gasteiger partial charge in [-0.05, 0) is 0 Å². The third-order valence-electron chi connectivity index (χ3n) is 1.60. The molecule has 0 amide bonds. The molecule has 0 aromatic heterocycles. The van der Waals surface area contributed by atoms with Gasteiger partial charge in [0.2, 0.25) is 0 Å². The number of alkyl halides is 1. The Labute approximate surface area is 74.1 Å². The summed E-state index contributed by atoms with van der Waals surface area (Å²) in [6.07, 6.45) is 7.37. The first-order valence-electron chi connectivity index (χ1n) is 3.89. The summed E-state index contributed by atoms with van der Waals surface area (Å²) in [5.41, 5.74) is 0. The van der Waals surface area contributed by atoms with Gasteiger partial charge in [-0.15, -0.1) is 0 Å². The Morgan fingerprint density at radius 2 is 2.20 bits per heavy atom. The summed E-state index contributed by atoms with van der Waals surface area (Å²) in [5, 5.41) is 0. The van der Waals surface area contributed by atoms with E-state index in [9.17, 15) is 0 Å². The van der Waals surface area contributed by atoms with Crippen molar-refractivity contribution in [3.8, 4) is 0 Å². The van der Waals surface area contributed by atoms with Gasteiger partial charge >= 0.3 is 74.0 Å². The Balaban J connectivity index is 1.72. The molecule has 0 saturated carbocycles. The molecular weight excluding hydrogens is 237 g/mol. The molecule has 0 N–H and O–H groups in total. The van der Waals surface area contributed by atoms with E-state index in [1.54, 1.807) is 0 Å². The van der Waals surface area contributed by atoms with Crippen molar-refractivity contribution < 1.29 is 21.5 Å². The Hall–Kier alpha value is 0.430. The summed E-state index contributed by atoms with van der Waals surface area (Å²) in [4.78, 5) is 0. The molecule has 1 aliphatic rings. The third-order valence-corrected chi connectivity index (χ3v) is 3.73. The molecule has 60 valence electrons. The van der Waals surface area contributed by atoms with Crippen LogP contribution in [-0.2, 0) is 0 Å². The number of hydrogen-bond acceptors (Lipinski definition) is 1. The van der Waals surface area contributed by atoms with Crippen molar-refractivity contribution in [1.29, 1.82) is 0 Å². The van der Waals surface area contributed by atoms with Gasteiger partial charge in [-0.1, -0.05) is 0 Å². The van der Waals surface area contributed by atoms with Gasteiger partial charge in [-0.3, -0.25) is 0 Å². The summed E-state index contributed by atoms with van der Waals surface area (Å²) in [7, 11) is 0. The van der Waals surface area contributed by atoms with Crippen molar-refractivity contribution >= 4 is 0 Å². The maximum absolute atomic E-state index is 3.70. The van der Waals surface area contributed by atoms with Gasteiger partial charge in [0, 0.05) is 0 Å². The second-order valence-corrected chi connectivity index (χ2v) is 5.29. The van der Waals surface area contributed by atoms with E-state index in [1.807, 2.05) is 6.08 Å². The molecule has 1 aliphatic heterocycles. The molecule has 0 aliphatic carbocycles. The van der Waals surface area contributed by atoms with Crippen LogP contribution in [0.3, 0.4) is 0 Å². The first kappa shape index (κ1) is 8.53. The van der Waals surface area contributed by atoms with Crippen molar-refractivity contribution in [1.82, 2.24) is 3.11 Å². The number of rotatable bonds is 6. The van der Waals surface area contributed by atoms with Crippen molar-refractivity contribution in [3.05, 3.63) is 12.7 Å². The Morgan fingerprint density at radius 3 is 2.80 bits per heavy atom. The fourth-order valence-corrected chi connectivity index (χ4v) is 2.15. The van der Waals surface area contributed by atoms with Crippen LogP contribution >= 0.6 is 0 Å². The van der Waals surface area contributed by atoms with Crippen molar-refractivity contribution in [2.24, 2.45) is 0 Å². The van der Waals surface area contributed by atoms with E-state index in [4.69, 9.17) is 0 Å². The monoisotopic (exact) mass is 252 g/mol. The molecule has 10 heavy (non-hydrogen) atoms. The fourth-order valence-electron chi connectivity index (χ4n) is 0.906. The van der Waals surface area contributed by atoms with Gasteiger partial charge in [-0.2, -0.15) is 0 Å². The Bertz CT molecular complexity index is 99.4. The molecule has 1 unspecified atom stereocenters. The molecule has 0 spiro atoms. The number of allylic oxidation sites excluding steroid dienone is 1. The van der Waals surface area contributed by atoms with Gasteiger partial charge in [0.05, 0.1) is 0 Å². The Morgan fingerprint density at radius 1 is 1.40 bits per heavy atom. The SMILES string of the molecule is C=CCCCCCN1C[I-]1. The molecule has 1 rings (SSSR count).